The lowest BCUT2D eigenvalue weighted by Crippen LogP contribution is -2.55. The minimum atomic E-state index is -0.987. The largest absolute Gasteiger partial charge is 0.478 e. The second-order valence-electron chi connectivity index (χ2n) is 8.32. The number of hydrogen-bond acceptors (Lipinski definition) is 4. The van der Waals surface area contributed by atoms with Gasteiger partial charge >= 0.3 is 12.1 Å². The summed E-state index contributed by atoms with van der Waals surface area (Å²) in [6.45, 7) is 7.11. The maximum absolute atomic E-state index is 13.0. The lowest BCUT2D eigenvalue weighted by atomic mass is 9.96. The number of hydrogen-bond donors (Lipinski definition) is 3. The summed E-state index contributed by atoms with van der Waals surface area (Å²) in [7, 11) is 0. The van der Waals surface area contributed by atoms with Gasteiger partial charge in [-0.05, 0) is 63.8 Å². The highest BCUT2D eigenvalue weighted by molar-refractivity contribution is 6.00. The molecule has 0 heterocycles. The van der Waals surface area contributed by atoms with Crippen molar-refractivity contribution in [1.29, 1.82) is 0 Å². The molecule has 1 fully saturated rings. The molecule has 1 aromatic carbocycles. The summed E-state index contributed by atoms with van der Waals surface area (Å²) in [5.74, 6) is -1.22. The summed E-state index contributed by atoms with van der Waals surface area (Å²) >= 11 is 0. The smallest absolute Gasteiger partial charge is 0.408 e. The van der Waals surface area contributed by atoms with E-state index in [0.717, 1.165) is 18.4 Å². The van der Waals surface area contributed by atoms with Crippen LogP contribution in [0, 0.1) is 0 Å². The fraction of sp³-hybridized carbons (Fsp3) is 0.500. The average molecular weight is 402 g/mol. The molecule has 2 rings (SSSR count). The molecule has 29 heavy (non-hydrogen) atoms. The highest BCUT2D eigenvalue weighted by Crippen LogP contribution is 2.31. The van der Waals surface area contributed by atoms with E-state index in [9.17, 15) is 14.4 Å². The predicted molar refractivity (Wildman–Crippen MR) is 112 cm³/mol. The van der Waals surface area contributed by atoms with Gasteiger partial charge in [0.2, 0.25) is 5.91 Å². The molecule has 1 aromatic rings. The van der Waals surface area contributed by atoms with E-state index >= 15 is 0 Å². The number of carbonyl (C=O) groups excluding carboxylic acids is 2. The van der Waals surface area contributed by atoms with E-state index in [1.165, 1.54) is 0 Å². The van der Waals surface area contributed by atoms with Crippen molar-refractivity contribution in [3.8, 4) is 0 Å². The van der Waals surface area contributed by atoms with Crippen LogP contribution in [0.2, 0.25) is 0 Å². The van der Waals surface area contributed by atoms with Gasteiger partial charge in [0.25, 0.3) is 0 Å². The highest BCUT2D eigenvalue weighted by atomic mass is 16.6. The minimum absolute atomic E-state index is 0.274. The van der Waals surface area contributed by atoms with Gasteiger partial charge in [-0.1, -0.05) is 31.9 Å². The second kappa shape index (κ2) is 9.11. The molecule has 0 aromatic heterocycles. The van der Waals surface area contributed by atoms with E-state index in [2.05, 4.69) is 10.6 Å². The van der Waals surface area contributed by atoms with Gasteiger partial charge in [0.1, 0.15) is 11.1 Å². The fourth-order valence-corrected chi connectivity index (χ4v) is 3.32. The number of ether oxygens (including phenoxy) is 1. The molecule has 0 aliphatic heterocycles. The number of rotatable bonds is 6. The van der Waals surface area contributed by atoms with Gasteiger partial charge < -0.3 is 20.5 Å². The van der Waals surface area contributed by atoms with Crippen molar-refractivity contribution in [3.05, 3.63) is 35.4 Å². The third kappa shape index (κ3) is 6.34. The fourth-order valence-electron chi connectivity index (χ4n) is 3.32. The first kappa shape index (κ1) is 22.5. The molecule has 2 amide bonds. The summed E-state index contributed by atoms with van der Waals surface area (Å²) in [6.07, 6.45) is 4.23. The van der Waals surface area contributed by atoms with Crippen molar-refractivity contribution in [3.63, 3.8) is 0 Å². The predicted octanol–water partition coefficient (Wildman–Crippen LogP) is 4.34. The molecule has 1 saturated carbocycles. The first-order chi connectivity index (χ1) is 13.5. The van der Waals surface area contributed by atoms with E-state index in [0.29, 0.717) is 30.5 Å². The molecule has 1 aliphatic carbocycles. The standard InChI is InChI=1S/C22H30N2O5/c1-5-16(18(25)26)14-15-8-10-17(11-9-15)23-19(27)22(12-6-7-13-22)24-20(28)29-21(2,3)4/h8-11,14H,5-7,12-13H2,1-4H3,(H,23,27)(H,24,28)(H,25,26)/b16-14+. The van der Waals surface area contributed by atoms with Gasteiger partial charge in [-0.25, -0.2) is 9.59 Å². The van der Waals surface area contributed by atoms with E-state index < -0.39 is 23.2 Å². The molecule has 7 heteroatoms. The Morgan fingerprint density at radius 3 is 2.21 bits per heavy atom. The van der Waals surface area contributed by atoms with Gasteiger partial charge in [0.05, 0.1) is 0 Å². The summed E-state index contributed by atoms with van der Waals surface area (Å²) in [5, 5.41) is 14.8. The molecule has 0 unspecified atom stereocenters. The molecular weight excluding hydrogens is 372 g/mol. The molecule has 0 spiro atoms. The molecule has 158 valence electrons. The summed E-state index contributed by atoms with van der Waals surface area (Å²) in [5.41, 5.74) is 0.00657. The van der Waals surface area contributed by atoms with Crippen LogP contribution in [-0.2, 0) is 14.3 Å². The zero-order chi connectivity index (χ0) is 21.7. The Kier molecular flexibility index (Phi) is 7.06. The quantitative estimate of drug-likeness (QED) is 0.614. The summed E-state index contributed by atoms with van der Waals surface area (Å²) < 4.78 is 5.32. The van der Waals surface area contributed by atoms with Crippen LogP contribution in [0.5, 0.6) is 0 Å². The number of carboxylic acid groups (broad SMARTS) is 1. The number of benzene rings is 1. The van der Waals surface area contributed by atoms with E-state index in [1.807, 2.05) is 0 Å². The molecular formula is C22H30N2O5. The van der Waals surface area contributed by atoms with Gasteiger partial charge in [-0.15, -0.1) is 0 Å². The maximum Gasteiger partial charge on any atom is 0.408 e. The first-order valence-corrected chi connectivity index (χ1v) is 9.91. The zero-order valence-corrected chi connectivity index (χ0v) is 17.5. The van der Waals surface area contributed by atoms with E-state index in [-0.39, 0.29) is 5.91 Å². The van der Waals surface area contributed by atoms with Crippen molar-refractivity contribution in [2.75, 3.05) is 5.32 Å². The van der Waals surface area contributed by atoms with Gasteiger partial charge in [-0.2, -0.15) is 0 Å². The zero-order valence-electron chi connectivity index (χ0n) is 17.5. The van der Waals surface area contributed by atoms with Crippen LogP contribution in [0.4, 0.5) is 10.5 Å². The number of alkyl carbamates (subject to hydrolysis) is 1. The third-order valence-corrected chi connectivity index (χ3v) is 4.80. The van der Waals surface area contributed by atoms with Crippen LogP contribution in [0.25, 0.3) is 6.08 Å². The molecule has 1 aliphatic rings. The Labute approximate surface area is 171 Å². The Bertz CT molecular complexity index is 784. The second-order valence-corrected chi connectivity index (χ2v) is 8.32. The van der Waals surface area contributed by atoms with Gasteiger partial charge in [0.15, 0.2) is 0 Å². The average Bonchev–Trinajstić information content (AvgIpc) is 3.08. The summed E-state index contributed by atoms with van der Waals surface area (Å²) in [4.78, 5) is 36.3. The van der Waals surface area contributed by atoms with Crippen molar-refractivity contribution < 1.29 is 24.2 Å². The Balaban J connectivity index is 2.10. The molecule has 0 saturated heterocycles. The van der Waals surface area contributed by atoms with Crippen molar-refractivity contribution in [2.45, 2.75) is 70.9 Å². The normalized spacial score (nSPS) is 16.2. The van der Waals surface area contributed by atoms with Crippen LogP contribution in [-0.4, -0.2) is 34.2 Å². The molecule has 0 radical (unpaired) electrons. The number of carbonyl (C=O) groups is 3. The van der Waals surface area contributed by atoms with Crippen LogP contribution in [0.3, 0.4) is 0 Å². The molecule has 0 bridgehead atoms. The number of carboxylic acids is 1. The molecule has 7 nitrogen and oxygen atoms in total. The van der Waals surface area contributed by atoms with Crippen LogP contribution >= 0.6 is 0 Å². The Morgan fingerprint density at radius 1 is 1.14 bits per heavy atom. The van der Waals surface area contributed by atoms with Crippen molar-refractivity contribution in [1.82, 2.24) is 5.32 Å². The lowest BCUT2D eigenvalue weighted by molar-refractivity contribution is -0.132. The Morgan fingerprint density at radius 2 is 1.72 bits per heavy atom. The maximum atomic E-state index is 13.0. The van der Waals surface area contributed by atoms with Crippen molar-refractivity contribution >= 4 is 29.7 Å². The molecule has 3 N–H and O–H groups in total. The number of aliphatic carboxylic acids is 1. The van der Waals surface area contributed by atoms with Gasteiger partial charge in [-0.3, -0.25) is 4.79 Å². The van der Waals surface area contributed by atoms with Crippen LogP contribution in [0.1, 0.15) is 65.4 Å². The SMILES string of the molecule is CC/C(=C\c1ccc(NC(=O)C2(NC(=O)OC(C)(C)C)CCCC2)cc1)C(=O)O. The number of anilines is 1. The van der Waals surface area contributed by atoms with Crippen LogP contribution in [0.15, 0.2) is 29.8 Å². The van der Waals surface area contributed by atoms with E-state index in [1.54, 1.807) is 58.0 Å². The first-order valence-electron chi connectivity index (χ1n) is 9.91. The molecule has 0 atom stereocenters. The summed E-state index contributed by atoms with van der Waals surface area (Å²) in [6, 6.07) is 6.93. The third-order valence-electron chi connectivity index (χ3n) is 4.80. The lowest BCUT2D eigenvalue weighted by Gasteiger charge is -2.30. The monoisotopic (exact) mass is 402 g/mol. The van der Waals surface area contributed by atoms with Crippen LogP contribution < -0.4 is 10.6 Å². The van der Waals surface area contributed by atoms with Crippen molar-refractivity contribution in [2.24, 2.45) is 0 Å². The van der Waals surface area contributed by atoms with Gasteiger partial charge in [0, 0.05) is 11.3 Å². The Hall–Kier alpha value is -2.83. The number of amides is 2. The minimum Gasteiger partial charge on any atom is -0.478 e. The number of nitrogens with one attached hydrogen (secondary N) is 2. The topological polar surface area (TPSA) is 105 Å². The highest BCUT2D eigenvalue weighted by Gasteiger charge is 2.43. The van der Waals surface area contributed by atoms with E-state index in [4.69, 9.17) is 9.84 Å².